The van der Waals surface area contributed by atoms with E-state index in [1.807, 2.05) is 0 Å². The van der Waals surface area contributed by atoms with Crippen molar-refractivity contribution in [2.45, 2.75) is 64.0 Å². The van der Waals surface area contributed by atoms with Crippen molar-refractivity contribution in [1.82, 2.24) is 9.80 Å². The second-order valence-electron chi connectivity index (χ2n) is 7.48. The summed E-state index contributed by atoms with van der Waals surface area (Å²) in [6, 6.07) is 6.59. The first-order valence-electron chi connectivity index (χ1n) is 9.90. The van der Waals surface area contributed by atoms with Gasteiger partial charge in [-0.2, -0.15) is 0 Å². The largest absolute Gasteiger partial charge is 0.483 e. The van der Waals surface area contributed by atoms with Crippen molar-refractivity contribution >= 4 is 12.4 Å². The summed E-state index contributed by atoms with van der Waals surface area (Å²) in [4.78, 5) is 25.6. The van der Waals surface area contributed by atoms with E-state index in [4.69, 9.17) is 9.90 Å². The molecule has 1 N–H and O–H groups in total. The van der Waals surface area contributed by atoms with Crippen LogP contribution in [0.25, 0.3) is 0 Å². The zero-order chi connectivity index (χ0) is 19.7. The fraction of sp³-hybridized carbons (Fsp3) is 0.619. The second-order valence-corrected chi connectivity index (χ2v) is 7.48. The topological polar surface area (TPSA) is 60.9 Å². The normalized spacial score (nSPS) is 23.0. The van der Waals surface area contributed by atoms with Crippen LogP contribution in [0.15, 0.2) is 24.3 Å². The fourth-order valence-electron chi connectivity index (χ4n) is 4.26. The molecule has 5 nitrogen and oxygen atoms in total. The van der Waals surface area contributed by atoms with Crippen LogP contribution in [0.3, 0.4) is 0 Å². The molecule has 3 rings (SSSR count). The van der Waals surface area contributed by atoms with Gasteiger partial charge in [-0.05, 0) is 62.9 Å². The highest BCUT2D eigenvalue weighted by molar-refractivity contribution is 5.79. The van der Waals surface area contributed by atoms with Gasteiger partial charge in [-0.25, -0.2) is 4.39 Å². The second kappa shape index (κ2) is 10.4. The van der Waals surface area contributed by atoms with Crippen molar-refractivity contribution in [3.05, 3.63) is 35.6 Å². The molecule has 0 aliphatic carbocycles. The standard InChI is InChI=1S/C20H29FN2O.CH2O2/c1-2-3-13-22-14-4-10-20(12-15-22)11-9-19(24)23(20)16-17-5-7-18(21)8-6-17;2-1-3/h5-8H,2-4,9-16H2,1H3;1H,(H,2,3). The van der Waals surface area contributed by atoms with Gasteiger partial charge in [0.25, 0.3) is 6.47 Å². The van der Waals surface area contributed by atoms with E-state index in [1.54, 1.807) is 12.1 Å². The zero-order valence-electron chi connectivity index (χ0n) is 16.2. The molecule has 1 unspecified atom stereocenters. The number of nitrogens with zero attached hydrogens (tertiary/aromatic N) is 2. The van der Waals surface area contributed by atoms with Gasteiger partial charge < -0.3 is 14.9 Å². The number of carboxylic acid groups (broad SMARTS) is 1. The number of amides is 1. The van der Waals surface area contributed by atoms with E-state index in [2.05, 4.69) is 16.7 Å². The maximum absolute atomic E-state index is 13.1. The third-order valence-electron chi connectivity index (χ3n) is 5.77. The van der Waals surface area contributed by atoms with E-state index in [0.717, 1.165) is 44.3 Å². The van der Waals surface area contributed by atoms with Crippen molar-refractivity contribution < 1.29 is 19.1 Å². The van der Waals surface area contributed by atoms with Crippen molar-refractivity contribution in [3.8, 4) is 0 Å². The minimum atomic E-state index is -0.250. The molecule has 0 radical (unpaired) electrons. The van der Waals surface area contributed by atoms with Gasteiger partial charge in [0, 0.05) is 25.0 Å². The molecule has 2 aliphatic heterocycles. The Hall–Kier alpha value is -1.95. The van der Waals surface area contributed by atoms with Crippen LogP contribution >= 0.6 is 0 Å². The van der Waals surface area contributed by atoms with Crippen LogP contribution in [0.1, 0.15) is 57.4 Å². The third-order valence-corrected chi connectivity index (χ3v) is 5.77. The Bertz CT molecular complexity index is 608. The number of rotatable bonds is 5. The Balaban J connectivity index is 0.000000817. The highest BCUT2D eigenvalue weighted by Crippen LogP contribution is 2.40. The van der Waals surface area contributed by atoms with Gasteiger partial charge in [-0.1, -0.05) is 25.5 Å². The summed E-state index contributed by atoms with van der Waals surface area (Å²) in [5.41, 5.74) is 1.05. The van der Waals surface area contributed by atoms with Crippen LogP contribution in [0.5, 0.6) is 0 Å². The van der Waals surface area contributed by atoms with E-state index in [9.17, 15) is 9.18 Å². The molecule has 6 heteroatoms. The summed E-state index contributed by atoms with van der Waals surface area (Å²) in [6.07, 6.45) is 7.47. The van der Waals surface area contributed by atoms with E-state index < -0.39 is 0 Å². The predicted octanol–water partition coefficient (Wildman–Crippen LogP) is 3.67. The predicted molar refractivity (Wildman–Crippen MR) is 103 cm³/mol. The molecule has 0 bridgehead atoms. The summed E-state index contributed by atoms with van der Waals surface area (Å²) in [5.74, 6) is 0.0450. The molecule has 1 aromatic carbocycles. The van der Waals surface area contributed by atoms with Crippen molar-refractivity contribution in [2.24, 2.45) is 0 Å². The van der Waals surface area contributed by atoms with Crippen molar-refractivity contribution in [3.63, 3.8) is 0 Å². The van der Waals surface area contributed by atoms with Crippen LogP contribution in [-0.2, 0) is 16.1 Å². The summed E-state index contributed by atoms with van der Waals surface area (Å²) in [5, 5.41) is 6.89. The molecule has 2 saturated heterocycles. The molecule has 1 amide bonds. The Morgan fingerprint density at radius 1 is 1.19 bits per heavy atom. The maximum Gasteiger partial charge on any atom is 0.290 e. The number of hydrogen-bond acceptors (Lipinski definition) is 3. The minimum Gasteiger partial charge on any atom is -0.483 e. The Kier molecular flexibility index (Phi) is 8.23. The van der Waals surface area contributed by atoms with Gasteiger partial charge in [0.15, 0.2) is 0 Å². The maximum atomic E-state index is 13.1. The monoisotopic (exact) mass is 378 g/mol. The number of halogens is 1. The first-order valence-corrected chi connectivity index (χ1v) is 9.90. The lowest BCUT2D eigenvalue weighted by Gasteiger charge is -2.38. The molecule has 27 heavy (non-hydrogen) atoms. The lowest BCUT2D eigenvalue weighted by atomic mass is 9.87. The molecule has 2 aliphatic rings. The highest BCUT2D eigenvalue weighted by atomic mass is 19.1. The summed E-state index contributed by atoms with van der Waals surface area (Å²) < 4.78 is 13.1. The number of benzene rings is 1. The molecule has 2 heterocycles. The number of unbranched alkanes of at least 4 members (excludes halogenated alkanes) is 1. The summed E-state index contributed by atoms with van der Waals surface area (Å²) in [7, 11) is 0. The van der Waals surface area contributed by atoms with Crippen LogP contribution in [0.2, 0.25) is 0 Å². The van der Waals surface area contributed by atoms with Crippen LogP contribution in [-0.4, -0.2) is 52.5 Å². The molecule has 0 aromatic heterocycles. The average molecular weight is 378 g/mol. The Morgan fingerprint density at radius 2 is 1.89 bits per heavy atom. The Labute approximate surface area is 161 Å². The molecular weight excluding hydrogens is 347 g/mol. The average Bonchev–Trinajstić information content (AvgIpc) is 2.83. The van der Waals surface area contributed by atoms with Crippen LogP contribution in [0, 0.1) is 5.82 Å². The minimum absolute atomic E-state index is 0.0203. The number of hydrogen-bond donors (Lipinski definition) is 1. The number of likely N-dealkylation sites (tertiary alicyclic amines) is 2. The Morgan fingerprint density at radius 3 is 2.56 bits per heavy atom. The first-order chi connectivity index (χ1) is 13.0. The van der Waals surface area contributed by atoms with Crippen LogP contribution in [0.4, 0.5) is 4.39 Å². The van der Waals surface area contributed by atoms with Crippen molar-refractivity contribution in [2.75, 3.05) is 19.6 Å². The van der Waals surface area contributed by atoms with E-state index in [0.29, 0.717) is 13.0 Å². The first kappa shape index (κ1) is 21.4. The molecule has 2 fully saturated rings. The van der Waals surface area contributed by atoms with Crippen LogP contribution < -0.4 is 0 Å². The molecule has 150 valence electrons. The van der Waals surface area contributed by atoms with Gasteiger partial charge in [0.2, 0.25) is 5.91 Å². The molecule has 1 atom stereocenters. The fourth-order valence-corrected chi connectivity index (χ4v) is 4.26. The van der Waals surface area contributed by atoms with Gasteiger partial charge in [0.05, 0.1) is 0 Å². The van der Waals surface area contributed by atoms with Gasteiger partial charge >= 0.3 is 0 Å². The van der Waals surface area contributed by atoms with E-state index in [-0.39, 0.29) is 23.7 Å². The van der Waals surface area contributed by atoms with Gasteiger partial charge in [-0.3, -0.25) is 9.59 Å². The van der Waals surface area contributed by atoms with Gasteiger partial charge in [-0.15, -0.1) is 0 Å². The summed E-state index contributed by atoms with van der Waals surface area (Å²) >= 11 is 0. The molecular formula is C21H31FN2O3. The number of carbonyl (C=O) groups is 2. The van der Waals surface area contributed by atoms with E-state index in [1.165, 1.54) is 31.5 Å². The lowest BCUT2D eigenvalue weighted by Crippen LogP contribution is -2.46. The smallest absolute Gasteiger partial charge is 0.290 e. The molecule has 1 aromatic rings. The zero-order valence-corrected chi connectivity index (χ0v) is 16.2. The molecule has 1 spiro atoms. The quantitative estimate of drug-likeness (QED) is 0.794. The highest BCUT2D eigenvalue weighted by Gasteiger charge is 2.45. The SMILES string of the molecule is CCCCN1CCCC2(CCC(=O)N2Cc2ccc(F)cc2)CC1.O=CO. The third kappa shape index (κ3) is 5.76. The van der Waals surface area contributed by atoms with Crippen molar-refractivity contribution in [1.29, 1.82) is 0 Å². The number of carbonyl (C=O) groups excluding carboxylic acids is 1. The van der Waals surface area contributed by atoms with Gasteiger partial charge in [0.1, 0.15) is 5.82 Å². The summed E-state index contributed by atoms with van der Waals surface area (Å²) in [6.45, 7) is 6.03. The van der Waals surface area contributed by atoms with E-state index >= 15 is 0 Å². The molecule has 0 saturated carbocycles. The lowest BCUT2D eigenvalue weighted by molar-refractivity contribution is -0.132.